The molecule has 1 aliphatic carbocycles. The molecule has 0 radical (unpaired) electrons. The molecular formula is C9H11BrIN3. The van der Waals surface area contributed by atoms with Crippen molar-refractivity contribution in [1.82, 2.24) is 9.97 Å². The van der Waals surface area contributed by atoms with Crippen LogP contribution in [0.25, 0.3) is 0 Å². The van der Waals surface area contributed by atoms with Gasteiger partial charge in [0.1, 0.15) is 12.1 Å². The molecule has 0 aromatic carbocycles. The van der Waals surface area contributed by atoms with E-state index < -0.39 is 0 Å². The smallest absolute Gasteiger partial charge is 0.145 e. The highest BCUT2D eigenvalue weighted by Crippen LogP contribution is 2.32. The Hall–Kier alpha value is 0.0900. The van der Waals surface area contributed by atoms with Gasteiger partial charge in [-0.3, -0.25) is 0 Å². The molecule has 1 saturated carbocycles. The molecule has 5 heteroatoms. The zero-order valence-electron chi connectivity index (χ0n) is 7.66. The third-order valence-electron chi connectivity index (χ3n) is 2.23. The van der Waals surface area contributed by atoms with E-state index in [4.69, 9.17) is 0 Å². The van der Waals surface area contributed by atoms with Gasteiger partial charge in [-0.25, -0.2) is 9.97 Å². The maximum absolute atomic E-state index is 4.34. The molecule has 2 rings (SSSR count). The average Bonchev–Trinajstić information content (AvgIpc) is 2.99. The number of halogens is 2. The number of alkyl halides is 1. The van der Waals surface area contributed by atoms with Gasteiger partial charge in [-0.05, 0) is 35.4 Å². The molecular weight excluding hydrogens is 357 g/mol. The largest absolute Gasteiger partial charge is 0.352 e. The third-order valence-corrected chi connectivity index (χ3v) is 3.35. The Bertz CT molecular complexity index is 317. The summed E-state index contributed by atoms with van der Waals surface area (Å²) in [4.78, 5) is 10.7. The normalized spacial score (nSPS) is 15.6. The molecule has 1 aliphatic rings. The van der Waals surface area contributed by atoms with Crippen molar-refractivity contribution < 1.29 is 0 Å². The zero-order chi connectivity index (χ0) is 9.97. The van der Waals surface area contributed by atoms with E-state index in [2.05, 4.69) is 53.4 Å². The molecule has 76 valence electrons. The van der Waals surface area contributed by atoms with Crippen molar-refractivity contribution in [2.45, 2.75) is 18.9 Å². The monoisotopic (exact) mass is 367 g/mol. The number of aromatic nitrogens is 2. The van der Waals surface area contributed by atoms with Gasteiger partial charge in [0.15, 0.2) is 0 Å². The molecule has 0 atom stereocenters. The van der Waals surface area contributed by atoms with E-state index in [1.807, 2.05) is 6.20 Å². The van der Waals surface area contributed by atoms with Gasteiger partial charge in [0.25, 0.3) is 0 Å². The molecule has 1 aromatic rings. The van der Waals surface area contributed by atoms with Crippen LogP contribution in [0.4, 0.5) is 5.82 Å². The third kappa shape index (κ3) is 2.36. The van der Waals surface area contributed by atoms with Crippen LogP contribution in [0.1, 0.15) is 12.8 Å². The lowest BCUT2D eigenvalue weighted by atomic mass is 10.4. The molecule has 3 nitrogen and oxygen atoms in total. The summed E-state index contributed by atoms with van der Waals surface area (Å²) in [5.41, 5.74) is 0. The van der Waals surface area contributed by atoms with Crippen LogP contribution >= 0.6 is 38.5 Å². The predicted molar refractivity (Wildman–Crippen MR) is 68.9 cm³/mol. The molecule has 0 unspecified atom stereocenters. The summed E-state index contributed by atoms with van der Waals surface area (Å²) in [5, 5.41) is 0.990. The Balaban J connectivity index is 2.21. The van der Waals surface area contributed by atoms with Crippen LogP contribution in [0, 0.1) is 3.57 Å². The first-order chi connectivity index (χ1) is 6.83. The van der Waals surface area contributed by atoms with E-state index in [1.54, 1.807) is 6.33 Å². The Morgan fingerprint density at radius 2 is 2.36 bits per heavy atom. The minimum absolute atomic E-state index is 0.705. The Labute approximate surface area is 106 Å². The van der Waals surface area contributed by atoms with Crippen LogP contribution in [-0.2, 0) is 0 Å². The zero-order valence-corrected chi connectivity index (χ0v) is 11.4. The fourth-order valence-corrected chi connectivity index (χ4v) is 2.45. The van der Waals surface area contributed by atoms with Crippen molar-refractivity contribution in [2.24, 2.45) is 0 Å². The van der Waals surface area contributed by atoms with Gasteiger partial charge in [-0.2, -0.15) is 0 Å². The molecule has 0 spiro atoms. The van der Waals surface area contributed by atoms with Crippen molar-refractivity contribution in [1.29, 1.82) is 0 Å². The molecule has 1 fully saturated rings. The van der Waals surface area contributed by atoms with E-state index in [0.29, 0.717) is 6.04 Å². The van der Waals surface area contributed by atoms with Gasteiger partial charge >= 0.3 is 0 Å². The molecule has 0 N–H and O–H groups in total. The van der Waals surface area contributed by atoms with Gasteiger partial charge in [0.2, 0.25) is 0 Å². The fourth-order valence-electron chi connectivity index (χ4n) is 1.46. The molecule has 0 aliphatic heterocycles. The van der Waals surface area contributed by atoms with Crippen LogP contribution in [0.2, 0.25) is 0 Å². The lowest BCUT2D eigenvalue weighted by molar-refractivity contribution is 0.808. The second kappa shape index (κ2) is 4.74. The predicted octanol–water partition coefficient (Wildman–Crippen LogP) is 2.44. The summed E-state index contributed by atoms with van der Waals surface area (Å²) in [6.07, 6.45) is 6.09. The van der Waals surface area contributed by atoms with Crippen molar-refractivity contribution >= 4 is 44.3 Å². The number of hydrogen-bond donors (Lipinski definition) is 0. The molecule has 0 saturated heterocycles. The molecule has 1 heterocycles. The first-order valence-electron chi connectivity index (χ1n) is 4.61. The minimum atomic E-state index is 0.705. The van der Waals surface area contributed by atoms with Gasteiger partial charge in [-0.1, -0.05) is 15.9 Å². The maximum atomic E-state index is 4.34. The first kappa shape index (κ1) is 10.6. The van der Waals surface area contributed by atoms with Crippen LogP contribution in [0.15, 0.2) is 12.5 Å². The summed E-state index contributed by atoms with van der Waals surface area (Å²) < 4.78 is 1.14. The summed E-state index contributed by atoms with van der Waals surface area (Å²) in [7, 11) is 0. The quantitative estimate of drug-likeness (QED) is 0.604. The highest BCUT2D eigenvalue weighted by molar-refractivity contribution is 14.1. The highest BCUT2D eigenvalue weighted by Gasteiger charge is 2.30. The van der Waals surface area contributed by atoms with E-state index in [0.717, 1.165) is 21.3 Å². The SMILES string of the molecule is BrCCN(c1ncncc1I)C1CC1. The molecule has 0 bridgehead atoms. The molecule has 1 aromatic heterocycles. The van der Waals surface area contributed by atoms with Gasteiger partial charge in [-0.15, -0.1) is 0 Å². The van der Waals surface area contributed by atoms with Crippen LogP contribution in [-0.4, -0.2) is 27.9 Å². The summed E-state index contributed by atoms with van der Waals surface area (Å²) in [6.45, 7) is 1.03. The summed E-state index contributed by atoms with van der Waals surface area (Å²) in [6, 6.07) is 0.705. The highest BCUT2D eigenvalue weighted by atomic mass is 127. The van der Waals surface area contributed by atoms with E-state index in [-0.39, 0.29) is 0 Å². The van der Waals surface area contributed by atoms with Crippen molar-refractivity contribution in [3.63, 3.8) is 0 Å². The Morgan fingerprint density at radius 3 is 2.93 bits per heavy atom. The average molecular weight is 368 g/mol. The fraction of sp³-hybridized carbons (Fsp3) is 0.556. The standard InChI is InChI=1S/C9H11BrIN3/c10-3-4-14(7-1-2-7)9-8(11)5-12-6-13-9/h5-7H,1-4H2. The van der Waals surface area contributed by atoms with Crippen LogP contribution in [0.3, 0.4) is 0 Å². The van der Waals surface area contributed by atoms with Gasteiger partial charge < -0.3 is 4.90 Å². The second-order valence-corrected chi connectivity index (χ2v) is 5.26. The number of hydrogen-bond acceptors (Lipinski definition) is 3. The number of anilines is 1. The van der Waals surface area contributed by atoms with Crippen LogP contribution in [0.5, 0.6) is 0 Å². The van der Waals surface area contributed by atoms with Crippen molar-refractivity contribution in [3.05, 3.63) is 16.1 Å². The topological polar surface area (TPSA) is 29.0 Å². The maximum Gasteiger partial charge on any atom is 0.145 e. The Morgan fingerprint density at radius 1 is 1.57 bits per heavy atom. The Kier molecular flexibility index (Phi) is 3.59. The summed E-state index contributed by atoms with van der Waals surface area (Å²) in [5.74, 6) is 1.09. The molecule has 0 amide bonds. The van der Waals surface area contributed by atoms with Gasteiger partial charge in [0.05, 0.1) is 3.57 Å². The minimum Gasteiger partial charge on any atom is -0.352 e. The first-order valence-corrected chi connectivity index (χ1v) is 6.81. The number of rotatable bonds is 4. The summed E-state index contributed by atoms with van der Waals surface area (Å²) >= 11 is 5.77. The van der Waals surface area contributed by atoms with Crippen LogP contribution < -0.4 is 4.90 Å². The number of nitrogens with zero attached hydrogens (tertiary/aromatic N) is 3. The molecule has 14 heavy (non-hydrogen) atoms. The van der Waals surface area contributed by atoms with Crippen molar-refractivity contribution in [3.8, 4) is 0 Å². The lowest BCUT2D eigenvalue weighted by Crippen LogP contribution is -2.29. The van der Waals surface area contributed by atoms with E-state index in [9.17, 15) is 0 Å². The lowest BCUT2D eigenvalue weighted by Gasteiger charge is -2.23. The van der Waals surface area contributed by atoms with Gasteiger partial charge in [0, 0.05) is 24.1 Å². The van der Waals surface area contributed by atoms with E-state index >= 15 is 0 Å². The second-order valence-electron chi connectivity index (χ2n) is 3.31. The van der Waals surface area contributed by atoms with E-state index in [1.165, 1.54) is 12.8 Å². The van der Waals surface area contributed by atoms with Crippen molar-refractivity contribution in [2.75, 3.05) is 16.8 Å².